The molecule has 0 aliphatic rings. The van der Waals surface area contributed by atoms with Crippen LogP contribution in [0, 0.1) is 17.2 Å². The Balaban J connectivity index is 2.63. The maximum absolute atomic E-state index is 11.5. The van der Waals surface area contributed by atoms with Gasteiger partial charge in [0.1, 0.15) is 6.07 Å². The molecule has 0 aromatic heterocycles. The van der Waals surface area contributed by atoms with Crippen LogP contribution in [0.25, 0.3) is 0 Å². The fourth-order valence-corrected chi connectivity index (χ4v) is 1.41. The van der Waals surface area contributed by atoms with Gasteiger partial charge in [-0.05, 0) is 23.6 Å². The lowest BCUT2D eigenvalue weighted by Crippen LogP contribution is -2.12. The molecule has 0 radical (unpaired) electrons. The maximum Gasteiger partial charge on any atom is 0.310 e. The van der Waals surface area contributed by atoms with Gasteiger partial charge in [-0.15, -0.1) is 0 Å². The summed E-state index contributed by atoms with van der Waals surface area (Å²) in [5.74, 6) is 0.0312. The molecule has 90 valence electrons. The van der Waals surface area contributed by atoms with Gasteiger partial charge >= 0.3 is 5.97 Å². The van der Waals surface area contributed by atoms with Crippen LogP contribution in [-0.2, 0) is 16.0 Å². The fraction of sp³-hybridized carbons (Fsp3) is 0.385. The van der Waals surface area contributed by atoms with E-state index in [-0.39, 0.29) is 12.4 Å². The Labute approximate surface area is 106 Å². The smallest absolute Gasteiger partial charge is 0.310 e. The van der Waals surface area contributed by atoms with Gasteiger partial charge in [-0.2, -0.15) is 5.26 Å². The van der Waals surface area contributed by atoms with Crippen LogP contribution >= 0.6 is 11.6 Å². The first-order chi connectivity index (χ1) is 8.02. The number of ether oxygens (including phenoxy) is 1. The summed E-state index contributed by atoms with van der Waals surface area (Å²) in [5.41, 5.74) is 1.11. The zero-order chi connectivity index (χ0) is 12.8. The number of carbonyl (C=O) groups excluding carboxylic acids is 1. The number of nitriles is 1. The Kier molecular flexibility index (Phi) is 4.99. The van der Waals surface area contributed by atoms with Gasteiger partial charge in [-0.3, -0.25) is 4.79 Å². The molecule has 0 heterocycles. The van der Waals surface area contributed by atoms with E-state index in [2.05, 4.69) is 0 Å². The zero-order valence-corrected chi connectivity index (χ0v) is 10.6. The minimum Gasteiger partial charge on any atom is -0.465 e. The second kappa shape index (κ2) is 6.27. The highest BCUT2D eigenvalue weighted by atomic mass is 35.5. The van der Waals surface area contributed by atoms with Crippen molar-refractivity contribution in [3.63, 3.8) is 0 Å². The summed E-state index contributed by atoms with van der Waals surface area (Å²) in [6, 6.07) is 6.92. The fourth-order valence-electron chi connectivity index (χ4n) is 1.25. The van der Waals surface area contributed by atoms with Gasteiger partial charge in [0.15, 0.2) is 0 Å². The van der Waals surface area contributed by atoms with Crippen molar-refractivity contribution in [3.8, 4) is 6.07 Å². The third kappa shape index (κ3) is 4.46. The Hall–Kier alpha value is -1.53. The van der Waals surface area contributed by atoms with Crippen molar-refractivity contribution >= 4 is 17.6 Å². The first-order valence-corrected chi connectivity index (χ1v) is 5.75. The van der Waals surface area contributed by atoms with Crippen LogP contribution in [0.2, 0.25) is 5.02 Å². The number of esters is 1. The molecule has 0 saturated heterocycles. The van der Waals surface area contributed by atoms with Gasteiger partial charge < -0.3 is 4.74 Å². The average Bonchev–Trinajstić information content (AvgIpc) is 2.29. The molecule has 0 unspecified atom stereocenters. The first-order valence-electron chi connectivity index (χ1n) is 5.37. The van der Waals surface area contributed by atoms with Crippen LogP contribution in [0.4, 0.5) is 0 Å². The van der Waals surface area contributed by atoms with Crippen molar-refractivity contribution in [1.29, 1.82) is 5.26 Å². The molecule has 3 nitrogen and oxygen atoms in total. The minimum atomic E-state index is -0.287. The highest BCUT2D eigenvalue weighted by molar-refractivity contribution is 6.31. The second-order valence-electron chi connectivity index (χ2n) is 4.18. The molecule has 0 aliphatic carbocycles. The number of hydrogen-bond donors (Lipinski definition) is 0. The number of carbonyl (C=O) groups is 1. The molecule has 17 heavy (non-hydrogen) atoms. The number of hydrogen-bond acceptors (Lipinski definition) is 3. The largest absolute Gasteiger partial charge is 0.465 e. The normalized spacial score (nSPS) is 10.1. The molecule has 0 amide bonds. The topological polar surface area (TPSA) is 50.1 Å². The monoisotopic (exact) mass is 251 g/mol. The lowest BCUT2D eigenvalue weighted by Gasteiger charge is -2.07. The van der Waals surface area contributed by atoms with E-state index in [0.717, 1.165) is 5.56 Å². The number of nitrogens with zero attached hydrogens (tertiary/aromatic N) is 1. The van der Waals surface area contributed by atoms with E-state index in [4.69, 9.17) is 21.6 Å². The lowest BCUT2D eigenvalue weighted by molar-refractivity contribution is -0.143. The SMILES string of the molecule is CC(C)COC(=O)Cc1ccc(Cl)c(C#N)c1. The molecule has 0 aliphatic heterocycles. The molecule has 4 heteroatoms. The van der Waals surface area contributed by atoms with E-state index < -0.39 is 0 Å². The standard InChI is InChI=1S/C13H14ClNO2/c1-9(2)8-17-13(16)6-10-3-4-12(14)11(5-10)7-15/h3-5,9H,6,8H2,1-2H3. The van der Waals surface area contributed by atoms with E-state index in [1.54, 1.807) is 18.2 Å². The predicted molar refractivity (Wildman–Crippen MR) is 65.7 cm³/mol. The van der Waals surface area contributed by atoms with Crippen molar-refractivity contribution in [3.05, 3.63) is 34.3 Å². The van der Waals surface area contributed by atoms with Gasteiger partial charge in [0.2, 0.25) is 0 Å². The summed E-state index contributed by atoms with van der Waals surface area (Å²) in [7, 11) is 0. The number of rotatable bonds is 4. The second-order valence-corrected chi connectivity index (χ2v) is 4.59. The molecule has 0 bridgehead atoms. The Morgan fingerprint density at radius 2 is 2.24 bits per heavy atom. The maximum atomic E-state index is 11.5. The molecule has 0 spiro atoms. The summed E-state index contributed by atoms with van der Waals surface area (Å²) in [5, 5.41) is 9.20. The minimum absolute atomic E-state index is 0.165. The molecule has 0 saturated carbocycles. The number of halogens is 1. The Morgan fingerprint density at radius 3 is 2.82 bits per heavy atom. The van der Waals surface area contributed by atoms with Crippen LogP contribution in [0.15, 0.2) is 18.2 Å². The molecule has 0 fully saturated rings. The predicted octanol–water partition coefficient (Wildman–Crippen LogP) is 2.95. The summed E-state index contributed by atoms with van der Waals surface area (Å²) in [4.78, 5) is 11.5. The van der Waals surface area contributed by atoms with Crippen LogP contribution in [0.5, 0.6) is 0 Å². The van der Waals surface area contributed by atoms with Gasteiger partial charge in [0, 0.05) is 0 Å². The zero-order valence-electron chi connectivity index (χ0n) is 9.87. The Morgan fingerprint density at radius 1 is 1.53 bits per heavy atom. The quantitative estimate of drug-likeness (QED) is 0.773. The van der Waals surface area contributed by atoms with E-state index >= 15 is 0 Å². The van der Waals surface area contributed by atoms with Crippen molar-refractivity contribution < 1.29 is 9.53 Å². The first kappa shape index (κ1) is 13.5. The molecule has 0 N–H and O–H groups in total. The van der Waals surface area contributed by atoms with E-state index in [1.165, 1.54) is 0 Å². The third-order valence-electron chi connectivity index (χ3n) is 2.08. The van der Waals surface area contributed by atoms with Crippen LogP contribution in [-0.4, -0.2) is 12.6 Å². The van der Waals surface area contributed by atoms with Crippen molar-refractivity contribution in [1.82, 2.24) is 0 Å². The van der Waals surface area contributed by atoms with Crippen LogP contribution in [0.1, 0.15) is 25.0 Å². The molecular weight excluding hydrogens is 238 g/mol. The van der Waals surface area contributed by atoms with Crippen LogP contribution < -0.4 is 0 Å². The summed E-state index contributed by atoms with van der Waals surface area (Å²) in [6.45, 7) is 4.37. The van der Waals surface area contributed by atoms with Crippen molar-refractivity contribution in [2.75, 3.05) is 6.61 Å². The summed E-state index contributed by atoms with van der Waals surface area (Å²) < 4.78 is 5.06. The summed E-state index contributed by atoms with van der Waals surface area (Å²) >= 11 is 5.80. The third-order valence-corrected chi connectivity index (χ3v) is 2.41. The highest BCUT2D eigenvalue weighted by Crippen LogP contribution is 2.17. The average molecular weight is 252 g/mol. The molecule has 0 atom stereocenters. The number of benzene rings is 1. The van der Waals surface area contributed by atoms with Gasteiger partial charge in [0.05, 0.1) is 23.6 Å². The lowest BCUT2D eigenvalue weighted by atomic mass is 10.1. The summed E-state index contributed by atoms with van der Waals surface area (Å²) in [6.07, 6.45) is 0.165. The van der Waals surface area contributed by atoms with E-state index in [1.807, 2.05) is 19.9 Å². The molecule has 1 rings (SSSR count). The van der Waals surface area contributed by atoms with Gasteiger partial charge in [-0.25, -0.2) is 0 Å². The highest BCUT2D eigenvalue weighted by Gasteiger charge is 2.08. The molecule has 1 aromatic carbocycles. The van der Waals surface area contributed by atoms with Gasteiger partial charge in [0.25, 0.3) is 0 Å². The van der Waals surface area contributed by atoms with E-state index in [9.17, 15) is 4.79 Å². The molecular formula is C13H14ClNO2. The molecule has 1 aromatic rings. The van der Waals surface area contributed by atoms with Crippen molar-refractivity contribution in [2.24, 2.45) is 5.92 Å². The Bertz CT molecular complexity index is 449. The van der Waals surface area contributed by atoms with Gasteiger partial charge in [-0.1, -0.05) is 31.5 Å². The van der Waals surface area contributed by atoms with Crippen LogP contribution in [0.3, 0.4) is 0 Å². The van der Waals surface area contributed by atoms with Crippen molar-refractivity contribution in [2.45, 2.75) is 20.3 Å². The van der Waals surface area contributed by atoms with E-state index in [0.29, 0.717) is 23.1 Å².